The lowest BCUT2D eigenvalue weighted by Gasteiger charge is -2.28. The second-order valence-corrected chi connectivity index (χ2v) is 10.8. The first-order valence-corrected chi connectivity index (χ1v) is 14.1. The van der Waals surface area contributed by atoms with Gasteiger partial charge in [0.05, 0.1) is 44.6 Å². The summed E-state index contributed by atoms with van der Waals surface area (Å²) < 4.78 is 16.9. The van der Waals surface area contributed by atoms with Gasteiger partial charge in [0.1, 0.15) is 24.6 Å². The van der Waals surface area contributed by atoms with Gasteiger partial charge in [-0.2, -0.15) is 0 Å². The lowest BCUT2D eigenvalue weighted by atomic mass is 9.94. The van der Waals surface area contributed by atoms with Crippen LogP contribution in [0.2, 0.25) is 0 Å². The van der Waals surface area contributed by atoms with Crippen molar-refractivity contribution in [2.24, 2.45) is 5.92 Å². The number of aryl methyl sites for hydroxylation is 1. The number of nitrogens with zero attached hydrogens (tertiary/aromatic N) is 1. The molecule has 2 aromatic carbocycles. The Morgan fingerprint density at radius 1 is 1.10 bits per heavy atom. The topological polar surface area (TPSA) is 110 Å². The van der Waals surface area contributed by atoms with Crippen LogP contribution in [0.15, 0.2) is 42.0 Å². The number of rotatable bonds is 11. The second kappa shape index (κ2) is 13.2. The molecule has 2 aromatic rings. The highest BCUT2D eigenvalue weighted by molar-refractivity contribution is 6.46. The molecule has 1 atom stereocenters. The Morgan fingerprint density at radius 2 is 1.85 bits per heavy atom. The quantitative estimate of drug-likeness (QED) is 0.223. The lowest BCUT2D eigenvalue weighted by molar-refractivity contribution is -0.908. The van der Waals surface area contributed by atoms with E-state index < -0.39 is 17.7 Å². The molecular weight excluding hydrogens is 512 g/mol. The largest absolute Gasteiger partial charge is 0.507 e. The highest BCUT2D eigenvalue weighted by atomic mass is 16.5. The number of ether oxygens (including phenoxy) is 3. The number of benzene rings is 2. The number of amides is 1. The van der Waals surface area contributed by atoms with E-state index in [4.69, 9.17) is 14.2 Å². The first-order chi connectivity index (χ1) is 19.2. The van der Waals surface area contributed by atoms with Crippen LogP contribution in [0.25, 0.3) is 5.76 Å². The first kappa shape index (κ1) is 29.4. The molecule has 0 spiro atoms. The number of hydrogen-bond donors (Lipinski definition) is 3. The molecule has 0 aromatic heterocycles. The summed E-state index contributed by atoms with van der Waals surface area (Å²) in [5.41, 5.74) is 1.84. The minimum atomic E-state index is -0.823. The summed E-state index contributed by atoms with van der Waals surface area (Å²) in [6.45, 7) is 13.2. The van der Waals surface area contributed by atoms with Gasteiger partial charge in [0, 0.05) is 18.5 Å². The molecule has 9 nitrogen and oxygen atoms in total. The maximum absolute atomic E-state index is 13.4. The first-order valence-electron chi connectivity index (χ1n) is 14.1. The van der Waals surface area contributed by atoms with E-state index in [1.807, 2.05) is 13.8 Å². The third-order valence-corrected chi connectivity index (χ3v) is 7.29. The smallest absolute Gasteiger partial charge is 0.295 e. The molecule has 2 saturated heterocycles. The summed E-state index contributed by atoms with van der Waals surface area (Å²) in [5.74, 6) is -0.340. The van der Waals surface area contributed by atoms with Crippen molar-refractivity contribution in [3.8, 4) is 17.2 Å². The zero-order chi connectivity index (χ0) is 28.8. The molecule has 2 aliphatic heterocycles. The van der Waals surface area contributed by atoms with Gasteiger partial charge in [0.25, 0.3) is 11.7 Å². The molecule has 2 aliphatic rings. The highest BCUT2D eigenvalue weighted by Crippen LogP contribution is 2.42. The number of Topliss-reactive ketones (excluding diaryl/α,β-unsaturated/α-hetero) is 1. The van der Waals surface area contributed by atoms with Crippen LogP contribution in [-0.4, -0.2) is 79.4 Å². The van der Waals surface area contributed by atoms with Crippen molar-refractivity contribution in [1.82, 2.24) is 4.90 Å². The SMILES string of the molecule is CCOc1cc([C@@H]2C(=C(O)c3ccc(OCC(C)C)c(C)c3)C(=O)C(=O)N2CCC[NH+]2CCOCC2)ccc1O. The van der Waals surface area contributed by atoms with Gasteiger partial charge in [-0.1, -0.05) is 19.9 Å². The fourth-order valence-electron chi connectivity index (χ4n) is 5.21. The molecule has 4 rings (SSSR count). The number of carbonyl (C=O) groups excluding carboxylic acids is 2. The Kier molecular flexibility index (Phi) is 9.71. The van der Waals surface area contributed by atoms with E-state index in [1.54, 1.807) is 30.3 Å². The number of aliphatic hydroxyl groups excluding tert-OH is 1. The van der Waals surface area contributed by atoms with Crippen LogP contribution in [-0.2, 0) is 14.3 Å². The second-order valence-electron chi connectivity index (χ2n) is 10.8. The maximum Gasteiger partial charge on any atom is 0.295 e. The standard InChI is InChI=1S/C31H40N2O7/c1-5-39-26-18-22(7-9-24(26)34)28-27(29(35)23-8-10-25(21(4)17-23)40-19-20(2)3)30(36)31(37)33(28)12-6-11-32-13-15-38-16-14-32/h7-10,17-18,20,28,34-35H,5-6,11-16,19H2,1-4H3/p+1/t28-/m1/s1. The number of hydrogen-bond acceptors (Lipinski definition) is 7. The van der Waals surface area contributed by atoms with Crippen LogP contribution in [0.5, 0.6) is 17.2 Å². The number of nitrogens with one attached hydrogen (secondary N) is 1. The van der Waals surface area contributed by atoms with Gasteiger partial charge in [-0.05, 0) is 61.2 Å². The molecule has 3 N–H and O–H groups in total. The van der Waals surface area contributed by atoms with Gasteiger partial charge >= 0.3 is 0 Å². The fraction of sp³-hybridized carbons (Fsp3) is 0.484. The van der Waals surface area contributed by atoms with Crippen LogP contribution >= 0.6 is 0 Å². The third kappa shape index (κ3) is 6.59. The number of likely N-dealkylation sites (tertiary alicyclic amines) is 1. The zero-order valence-electron chi connectivity index (χ0n) is 23.9. The zero-order valence-corrected chi connectivity index (χ0v) is 23.9. The van der Waals surface area contributed by atoms with Crippen molar-refractivity contribution in [3.05, 3.63) is 58.7 Å². The van der Waals surface area contributed by atoms with Gasteiger partial charge in [-0.25, -0.2) is 0 Å². The Labute approximate surface area is 235 Å². The van der Waals surface area contributed by atoms with Crippen LogP contribution in [0.4, 0.5) is 0 Å². The van der Waals surface area contributed by atoms with Gasteiger partial charge in [-0.15, -0.1) is 0 Å². The minimum Gasteiger partial charge on any atom is -0.507 e. The van der Waals surface area contributed by atoms with Crippen molar-refractivity contribution in [2.45, 2.75) is 40.2 Å². The Morgan fingerprint density at radius 3 is 2.52 bits per heavy atom. The maximum atomic E-state index is 13.4. The molecule has 0 bridgehead atoms. The van der Waals surface area contributed by atoms with Crippen molar-refractivity contribution in [2.75, 3.05) is 52.6 Å². The molecule has 9 heteroatoms. The summed E-state index contributed by atoms with van der Waals surface area (Å²) in [4.78, 5) is 29.7. The molecular formula is C31H41N2O7+. The van der Waals surface area contributed by atoms with E-state index in [0.717, 1.165) is 25.2 Å². The van der Waals surface area contributed by atoms with Crippen molar-refractivity contribution < 1.29 is 38.9 Å². The van der Waals surface area contributed by atoms with E-state index >= 15 is 0 Å². The molecule has 0 aliphatic carbocycles. The number of morpholine rings is 1. The molecule has 0 saturated carbocycles. The van der Waals surface area contributed by atoms with Gasteiger partial charge in [0.2, 0.25) is 0 Å². The van der Waals surface area contributed by atoms with E-state index in [1.165, 1.54) is 15.9 Å². The molecule has 40 heavy (non-hydrogen) atoms. The average molecular weight is 554 g/mol. The fourth-order valence-corrected chi connectivity index (χ4v) is 5.21. The molecule has 0 unspecified atom stereocenters. The van der Waals surface area contributed by atoms with Gasteiger partial charge in [-0.3, -0.25) is 9.59 Å². The highest BCUT2D eigenvalue weighted by Gasteiger charge is 2.46. The van der Waals surface area contributed by atoms with E-state index in [2.05, 4.69) is 13.8 Å². The van der Waals surface area contributed by atoms with E-state index in [9.17, 15) is 19.8 Å². The van der Waals surface area contributed by atoms with Crippen molar-refractivity contribution >= 4 is 17.4 Å². The summed E-state index contributed by atoms with van der Waals surface area (Å²) in [7, 11) is 0. The van der Waals surface area contributed by atoms with Crippen LogP contribution in [0.3, 0.4) is 0 Å². The normalized spacial score (nSPS) is 19.4. The summed E-state index contributed by atoms with van der Waals surface area (Å²) in [6, 6.07) is 9.20. The summed E-state index contributed by atoms with van der Waals surface area (Å²) >= 11 is 0. The predicted molar refractivity (Wildman–Crippen MR) is 151 cm³/mol. The van der Waals surface area contributed by atoms with Crippen molar-refractivity contribution in [1.29, 1.82) is 0 Å². The van der Waals surface area contributed by atoms with E-state index in [-0.39, 0.29) is 22.8 Å². The average Bonchev–Trinajstić information content (AvgIpc) is 3.19. The molecule has 1 amide bonds. The number of phenols is 1. The van der Waals surface area contributed by atoms with Gasteiger partial charge < -0.3 is 34.2 Å². The molecule has 0 radical (unpaired) electrons. The summed E-state index contributed by atoms with van der Waals surface area (Å²) in [5, 5.41) is 21.8. The minimum absolute atomic E-state index is 0.0205. The molecule has 216 valence electrons. The van der Waals surface area contributed by atoms with Crippen LogP contribution < -0.4 is 14.4 Å². The number of aliphatic hydroxyl groups is 1. The number of phenolic OH excluding ortho intramolecular Hbond substituents is 1. The Hall–Kier alpha value is -3.56. The monoisotopic (exact) mass is 553 g/mol. The lowest BCUT2D eigenvalue weighted by Crippen LogP contribution is -3.14. The Bertz CT molecular complexity index is 1250. The molecule has 2 fully saturated rings. The van der Waals surface area contributed by atoms with Crippen molar-refractivity contribution in [3.63, 3.8) is 0 Å². The number of aromatic hydroxyl groups is 1. The van der Waals surface area contributed by atoms with E-state index in [0.29, 0.717) is 62.2 Å². The number of carbonyl (C=O) groups is 2. The van der Waals surface area contributed by atoms with Gasteiger partial charge in [0.15, 0.2) is 11.5 Å². The predicted octanol–water partition coefficient (Wildman–Crippen LogP) is 2.86. The number of ketones is 1. The third-order valence-electron chi connectivity index (χ3n) is 7.29. The van der Waals surface area contributed by atoms with Crippen LogP contribution in [0.1, 0.15) is 49.9 Å². The Balaban J connectivity index is 1.70. The molecule has 2 heterocycles. The number of quaternary nitrogens is 1. The van der Waals surface area contributed by atoms with Crippen LogP contribution in [0, 0.1) is 12.8 Å². The summed E-state index contributed by atoms with van der Waals surface area (Å²) in [6.07, 6.45) is 0.691.